The summed E-state index contributed by atoms with van der Waals surface area (Å²) in [5.74, 6) is -0.773. The third kappa shape index (κ3) is 5.35. The van der Waals surface area contributed by atoms with Crippen LogP contribution in [0.5, 0.6) is 0 Å². The molecule has 5 nitrogen and oxygen atoms in total. The quantitative estimate of drug-likeness (QED) is 0.517. The van der Waals surface area contributed by atoms with Crippen LogP contribution in [-0.4, -0.2) is 11.8 Å². The summed E-state index contributed by atoms with van der Waals surface area (Å²) in [7, 11) is 0. The van der Waals surface area contributed by atoms with Crippen molar-refractivity contribution in [3.05, 3.63) is 87.6 Å². The Bertz CT molecular complexity index is 987. The minimum Gasteiger partial charge on any atom is -0.347 e. The van der Waals surface area contributed by atoms with Crippen molar-refractivity contribution in [2.75, 3.05) is 5.43 Å². The van der Waals surface area contributed by atoms with Gasteiger partial charge < -0.3 is 5.32 Å². The summed E-state index contributed by atoms with van der Waals surface area (Å²) in [6, 6.07) is 14.7. The van der Waals surface area contributed by atoms with Crippen LogP contribution in [0.2, 0.25) is 0 Å². The molecule has 0 spiro atoms. The standard InChI is InChI=1S/C20H16F3N3O2S/c21-20(22,23)15-4-1-2-5-16(15)25-26-18(27)14-9-7-13(8-10-14)12-24-19(28)17-6-3-11-29-17/h1-11,25H,12H2,(H,24,28)(H,26,27). The molecule has 3 N–H and O–H groups in total. The van der Waals surface area contributed by atoms with Crippen molar-refractivity contribution < 1.29 is 22.8 Å². The molecule has 0 saturated carbocycles. The number of amides is 2. The lowest BCUT2D eigenvalue weighted by Crippen LogP contribution is -2.30. The van der Waals surface area contributed by atoms with E-state index in [0.29, 0.717) is 4.88 Å². The van der Waals surface area contributed by atoms with Crippen molar-refractivity contribution in [3.63, 3.8) is 0 Å². The Morgan fingerprint density at radius 1 is 0.897 bits per heavy atom. The molecule has 0 radical (unpaired) electrons. The van der Waals surface area contributed by atoms with Crippen molar-refractivity contribution in [2.45, 2.75) is 12.7 Å². The molecule has 0 saturated heterocycles. The second kappa shape index (κ2) is 8.78. The number of rotatable bonds is 6. The SMILES string of the molecule is O=C(NNc1ccccc1C(F)(F)F)c1ccc(CNC(=O)c2cccs2)cc1. The fraction of sp³-hybridized carbons (Fsp3) is 0.100. The van der Waals surface area contributed by atoms with Gasteiger partial charge in [0.25, 0.3) is 11.8 Å². The van der Waals surface area contributed by atoms with Crippen LogP contribution in [0.25, 0.3) is 0 Å². The van der Waals surface area contributed by atoms with Crippen LogP contribution in [0, 0.1) is 0 Å². The molecule has 0 aliphatic carbocycles. The fourth-order valence-electron chi connectivity index (χ4n) is 2.49. The Labute approximate surface area is 168 Å². The number of hydrogen-bond donors (Lipinski definition) is 3. The molecule has 1 heterocycles. The lowest BCUT2D eigenvalue weighted by Gasteiger charge is -2.15. The zero-order valence-corrected chi connectivity index (χ0v) is 15.7. The number of hydrazine groups is 1. The molecule has 0 atom stereocenters. The number of anilines is 1. The molecule has 0 fully saturated rings. The van der Waals surface area contributed by atoms with Crippen molar-refractivity contribution in [1.82, 2.24) is 10.7 Å². The smallest absolute Gasteiger partial charge is 0.347 e. The second-order valence-corrected chi connectivity index (χ2v) is 6.93. The van der Waals surface area contributed by atoms with E-state index >= 15 is 0 Å². The van der Waals surface area contributed by atoms with Crippen LogP contribution < -0.4 is 16.2 Å². The van der Waals surface area contributed by atoms with E-state index in [1.165, 1.54) is 41.7 Å². The molecule has 3 rings (SSSR count). The summed E-state index contributed by atoms with van der Waals surface area (Å²) in [6.45, 7) is 0.288. The fourth-order valence-corrected chi connectivity index (χ4v) is 3.13. The first-order valence-electron chi connectivity index (χ1n) is 8.48. The normalized spacial score (nSPS) is 11.0. The summed E-state index contributed by atoms with van der Waals surface area (Å²) in [5.41, 5.74) is 4.48. The molecule has 9 heteroatoms. The van der Waals surface area contributed by atoms with Gasteiger partial charge in [0.1, 0.15) is 0 Å². The lowest BCUT2D eigenvalue weighted by atomic mass is 10.1. The first kappa shape index (κ1) is 20.4. The molecular formula is C20H16F3N3O2S. The highest BCUT2D eigenvalue weighted by molar-refractivity contribution is 7.12. The van der Waals surface area contributed by atoms with Gasteiger partial charge in [0, 0.05) is 12.1 Å². The van der Waals surface area contributed by atoms with E-state index < -0.39 is 17.6 Å². The molecule has 0 aliphatic rings. The zero-order valence-electron chi connectivity index (χ0n) is 14.9. The van der Waals surface area contributed by atoms with Gasteiger partial charge in [-0.25, -0.2) is 0 Å². The average molecular weight is 419 g/mol. The topological polar surface area (TPSA) is 70.2 Å². The molecule has 0 bridgehead atoms. The van der Waals surface area contributed by atoms with Gasteiger partial charge in [-0.3, -0.25) is 20.4 Å². The maximum absolute atomic E-state index is 13.0. The second-order valence-electron chi connectivity index (χ2n) is 5.98. The summed E-state index contributed by atoms with van der Waals surface area (Å²) < 4.78 is 38.9. The van der Waals surface area contributed by atoms with Crippen molar-refractivity contribution >= 4 is 28.8 Å². The van der Waals surface area contributed by atoms with Crippen molar-refractivity contribution in [2.24, 2.45) is 0 Å². The van der Waals surface area contributed by atoms with Crippen LogP contribution in [-0.2, 0) is 12.7 Å². The number of nitrogens with one attached hydrogen (secondary N) is 3. The molecule has 0 unspecified atom stereocenters. The Morgan fingerprint density at radius 2 is 1.62 bits per heavy atom. The number of thiophene rings is 1. The highest BCUT2D eigenvalue weighted by Gasteiger charge is 2.33. The van der Waals surface area contributed by atoms with Crippen molar-refractivity contribution in [3.8, 4) is 0 Å². The Balaban J connectivity index is 1.56. The van der Waals surface area contributed by atoms with Gasteiger partial charge in [-0.15, -0.1) is 11.3 Å². The summed E-state index contributed by atoms with van der Waals surface area (Å²) in [6.07, 6.45) is -4.54. The van der Waals surface area contributed by atoms with E-state index in [4.69, 9.17) is 0 Å². The first-order chi connectivity index (χ1) is 13.8. The van der Waals surface area contributed by atoms with Gasteiger partial charge >= 0.3 is 6.18 Å². The maximum atomic E-state index is 13.0. The van der Waals surface area contributed by atoms with Gasteiger partial charge in [-0.2, -0.15) is 13.2 Å². The number of carbonyl (C=O) groups excluding carboxylic acids is 2. The van der Waals surface area contributed by atoms with Crippen LogP contribution in [0.4, 0.5) is 18.9 Å². The number of benzene rings is 2. The molecule has 2 amide bonds. The number of carbonyl (C=O) groups is 2. The minimum atomic E-state index is -4.54. The highest BCUT2D eigenvalue weighted by atomic mass is 32.1. The number of alkyl halides is 3. The van der Waals surface area contributed by atoms with Crippen molar-refractivity contribution in [1.29, 1.82) is 0 Å². The summed E-state index contributed by atoms with van der Waals surface area (Å²) in [4.78, 5) is 24.7. The van der Waals surface area contributed by atoms with E-state index in [1.807, 2.05) is 5.38 Å². The van der Waals surface area contributed by atoms with Crippen LogP contribution in [0.15, 0.2) is 66.0 Å². The summed E-state index contributed by atoms with van der Waals surface area (Å²) in [5, 5.41) is 4.58. The van der Waals surface area contributed by atoms with Gasteiger partial charge in [-0.05, 0) is 41.3 Å². The maximum Gasteiger partial charge on any atom is 0.418 e. The lowest BCUT2D eigenvalue weighted by molar-refractivity contribution is -0.137. The van der Waals surface area contributed by atoms with E-state index in [1.54, 1.807) is 24.3 Å². The van der Waals surface area contributed by atoms with Gasteiger partial charge in [-0.1, -0.05) is 30.3 Å². The van der Waals surface area contributed by atoms with Crippen LogP contribution >= 0.6 is 11.3 Å². The van der Waals surface area contributed by atoms with Crippen LogP contribution in [0.1, 0.15) is 31.2 Å². The molecule has 3 aromatic rings. The zero-order chi connectivity index (χ0) is 20.9. The predicted molar refractivity (Wildman–Crippen MR) is 104 cm³/mol. The van der Waals surface area contributed by atoms with E-state index in [-0.39, 0.29) is 23.7 Å². The predicted octanol–water partition coefficient (Wildman–Crippen LogP) is 4.45. The molecular weight excluding hydrogens is 403 g/mol. The minimum absolute atomic E-state index is 0.186. The number of para-hydroxylation sites is 1. The molecule has 150 valence electrons. The third-order valence-electron chi connectivity index (χ3n) is 3.96. The number of hydrogen-bond acceptors (Lipinski definition) is 4. The monoisotopic (exact) mass is 419 g/mol. The Morgan fingerprint density at radius 3 is 2.28 bits per heavy atom. The molecule has 29 heavy (non-hydrogen) atoms. The largest absolute Gasteiger partial charge is 0.418 e. The third-order valence-corrected chi connectivity index (χ3v) is 4.83. The molecule has 2 aromatic carbocycles. The average Bonchev–Trinajstić information content (AvgIpc) is 3.25. The van der Waals surface area contributed by atoms with E-state index in [0.717, 1.165) is 11.6 Å². The number of halogens is 3. The highest BCUT2D eigenvalue weighted by Crippen LogP contribution is 2.34. The van der Waals surface area contributed by atoms with Gasteiger partial charge in [0.15, 0.2) is 0 Å². The van der Waals surface area contributed by atoms with E-state index in [2.05, 4.69) is 16.2 Å². The van der Waals surface area contributed by atoms with Gasteiger partial charge in [0.05, 0.1) is 16.1 Å². The summed E-state index contributed by atoms with van der Waals surface area (Å²) >= 11 is 1.34. The Hall–Kier alpha value is -3.33. The Kier molecular flexibility index (Phi) is 6.18. The van der Waals surface area contributed by atoms with Gasteiger partial charge in [0.2, 0.25) is 0 Å². The first-order valence-corrected chi connectivity index (χ1v) is 9.36. The molecule has 0 aliphatic heterocycles. The van der Waals surface area contributed by atoms with E-state index in [9.17, 15) is 22.8 Å². The van der Waals surface area contributed by atoms with Crippen LogP contribution in [0.3, 0.4) is 0 Å². The molecule has 1 aromatic heterocycles.